The summed E-state index contributed by atoms with van der Waals surface area (Å²) in [6.07, 6.45) is 0.289. The standard InChI is InChI=1S/C8H6BrNO2/c1-11-8-10-7-5(9)3-2-4-6(7)12-8/h2-4H,1H3. The lowest BCUT2D eigenvalue weighted by molar-refractivity contribution is 0.299. The van der Waals surface area contributed by atoms with Gasteiger partial charge >= 0.3 is 6.08 Å². The number of ether oxygens (including phenoxy) is 1. The molecule has 0 aliphatic rings. The zero-order valence-electron chi connectivity index (χ0n) is 6.37. The predicted octanol–water partition coefficient (Wildman–Crippen LogP) is 2.60. The molecule has 0 saturated carbocycles. The summed E-state index contributed by atoms with van der Waals surface area (Å²) < 4.78 is 11.0. The van der Waals surface area contributed by atoms with Crippen molar-refractivity contribution >= 4 is 27.0 Å². The Bertz CT molecular complexity index is 410. The summed E-state index contributed by atoms with van der Waals surface area (Å²) in [5, 5.41) is 0. The van der Waals surface area contributed by atoms with Crippen molar-refractivity contribution in [1.82, 2.24) is 4.98 Å². The van der Waals surface area contributed by atoms with Crippen LogP contribution in [0.15, 0.2) is 27.1 Å². The largest absolute Gasteiger partial charge is 0.453 e. The molecule has 0 saturated heterocycles. The molecule has 1 heterocycles. The molecule has 0 aliphatic heterocycles. The minimum Gasteiger partial charge on any atom is -0.453 e. The third-order valence-corrected chi connectivity index (χ3v) is 2.16. The second kappa shape index (κ2) is 2.79. The highest BCUT2D eigenvalue weighted by Gasteiger charge is 2.06. The molecule has 0 aliphatic carbocycles. The number of benzene rings is 1. The van der Waals surface area contributed by atoms with E-state index < -0.39 is 0 Å². The van der Waals surface area contributed by atoms with Gasteiger partial charge in [0.2, 0.25) is 0 Å². The Morgan fingerprint density at radius 2 is 2.33 bits per heavy atom. The van der Waals surface area contributed by atoms with Crippen LogP contribution in [0.2, 0.25) is 0 Å². The highest BCUT2D eigenvalue weighted by Crippen LogP contribution is 2.26. The quantitative estimate of drug-likeness (QED) is 0.752. The van der Waals surface area contributed by atoms with Crippen LogP contribution in [0.25, 0.3) is 11.1 Å². The first-order valence-corrected chi connectivity index (χ1v) is 4.19. The molecule has 1 aromatic carbocycles. The highest BCUT2D eigenvalue weighted by molar-refractivity contribution is 9.10. The fourth-order valence-corrected chi connectivity index (χ4v) is 1.42. The molecule has 0 spiro atoms. The Morgan fingerprint density at radius 1 is 1.50 bits per heavy atom. The SMILES string of the molecule is COc1nc2c(Br)cccc2o1. The summed E-state index contributed by atoms with van der Waals surface area (Å²) in [7, 11) is 1.53. The van der Waals surface area contributed by atoms with Crippen molar-refractivity contribution in [3.05, 3.63) is 22.7 Å². The lowest BCUT2D eigenvalue weighted by atomic mass is 10.3. The summed E-state index contributed by atoms with van der Waals surface area (Å²) in [5.41, 5.74) is 1.51. The Balaban J connectivity index is 2.74. The molecule has 0 atom stereocenters. The summed E-state index contributed by atoms with van der Waals surface area (Å²) >= 11 is 3.36. The average molecular weight is 228 g/mol. The number of methoxy groups -OCH3 is 1. The number of rotatable bonds is 1. The number of aromatic nitrogens is 1. The smallest absolute Gasteiger partial charge is 0.394 e. The van der Waals surface area contributed by atoms with Crippen molar-refractivity contribution in [2.75, 3.05) is 7.11 Å². The van der Waals surface area contributed by atoms with Crippen molar-refractivity contribution in [1.29, 1.82) is 0 Å². The van der Waals surface area contributed by atoms with Gasteiger partial charge in [0.15, 0.2) is 5.58 Å². The lowest BCUT2D eigenvalue weighted by Gasteiger charge is -1.86. The van der Waals surface area contributed by atoms with Crippen LogP contribution >= 0.6 is 15.9 Å². The van der Waals surface area contributed by atoms with Gasteiger partial charge in [0.25, 0.3) is 0 Å². The maximum Gasteiger partial charge on any atom is 0.394 e. The van der Waals surface area contributed by atoms with Gasteiger partial charge in [0.05, 0.1) is 7.11 Å². The van der Waals surface area contributed by atoms with E-state index in [0.717, 1.165) is 15.6 Å². The monoisotopic (exact) mass is 227 g/mol. The first-order chi connectivity index (χ1) is 5.81. The molecular weight excluding hydrogens is 222 g/mol. The molecule has 2 aromatic rings. The molecule has 0 unspecified atom stereocenters. The van der Waals surface area contributed by atoms with E-state index in [1.54, 1.807) is 0 Å². The normalized spacial score (nSPS) is 10.5. The molecule has 4 heteroatoms. The number of hydrogen-bond donors (Lipinski definition) is 0. The minimum atomic E-state index is 0.289. The van der Waals surface area contributed by atoms with E-state index in [1.165, 1.54) is 7.11 Å². The number of oxazole rings is 1. The van der Waals surface area contributed by atoms with Gasteiger partial charge in [-0.3, -0.25) is 0 Å². The molecule has 12 heavy (non-hydrogen) atoms. The number of hydrogen-bond acceptors (Lipinski definition) is 3. The molecule has 0 amide bonds. The summed E-state index contributed by atoms with van der Waals surface area (Å²) in [5.74, 6) is 0. The first kappa shape index (κ1) is 7.61. The van der Waals surface area contributed by atoms with Crippen LogP contribution in [0.3, 0.4) is 0 Å². The lowest BCUT2D eigenvalue weighted by Crippen LogP contribution is -1.79. The van der Waals surface area contributed by atoms with Crippen molar-refractivity contribution < 1.29 is 9.15 Å². The molecule has 1 aromatic heterocycles. The van der Waals surface area contributed by atoms with Crippen LogP contribution in [0.1, 0.15) is 0 Å². The van der Waals surface area contributed by atoms with Gasteiger partial charge in [-0.2, -0.15) is 4.98 Å². The van der Waals surface area contributed by atoms with Crippen LogP contribution in [-0.4, -0.2) is 12.1 Å². The van der Waals surface area contributed by atoms with Crippen molar-refractivity contribution in [2.45, 2.75) is 0 Å². The van der Waals surface area contributed by atoms with Gasteiger partial charge in [-0.1, -0.05) is 6.07 Å². The summed E-state index contributed by atoms with van der Waals surface area (Å²) in [6.45, 7) is 0. The maximum atomic E-state index is 5.23. The fourth-order valence-electron chi connectivity index (χ4n) is 0.982. The number of para-hydroxylation sites is 1. The van der Waals surface area contributed by atoms with Gasteiger partial charge in [0.1, 0.15) is 5.52 Å². The van der Waals surface area contributed by atoms with Crippen LogP contribution < -0.4 is 4.74 Å². The van der Waals surface area contributed by atoms with E-state index in [1.807, 2.05) is 18.2 Å². The fraction of sp³-hybridized carbons (Fsp3) is 0.125. The zero-order chi connectivity index (χ0) is 8.55. The Morgan fingerprint density at radius 3 is 3.00 bits per heavy atom. The second-order valence-corrected chi connectivity index (χ2v) is 3.12. The van der Waals surface area contributed by atoms with E-state index in [-0.39, 0.29) is 6.08 Å². The Hall–Kier alpha value is -1.03. The van der Waals surface area contributed by atoms with Crippen molar-refractivity contribution in [3.63, 3.8) is 0 Å². The van der Waals surface area contributed by atoms with Crippen LogP contribution in [0.5, 0.6) is 6.08 Å². The van der Waals surface area contributed by atoms with E-state index in [2.05, 4.69) is 20.9 Å². The first-order valence-electron chi connectivity index (χ1n) is 3.40. The number of fused-ring (bicyclic) bond motifs is 1. The van der Waals surface area contributed by atoms with Crippen molar-refractivity contribution in [3.8, 4) is 6.08 Å². The number of halogens is 1. The average Bonchev–Trinajstić information content (AvgIpc) is 2.49. The summed E-state index contributed by atoms with van der Waals surface area (Å²) in [6, 6.07) is 5.64. The molecule has 3 nitrogen and oxygen atoms in total. The number of nitrogens with zero attached hydrogens (tertiary/aromatic N) is 1. The van der Waals surface area contributed by atoms with Crippen molar-refractivity contribution in [2.24, 2.45) is 0 Å². The van der Waals surface area contributed by atoms with E-state index in [0.29, 0.717) is 0 Å². The highest BCUT2D eigenvalue weighted by atomic mass is 79.9. The van der Waals surface area contributed by atoms with Crippen LogP contribution in [0, 0.1) is 0 Å². The minimum absolute atomic E-state index is 0.289. The van der Waals surface area contributed by atoms with Gasteiger partial charge in [-0.25, -0.2) is 0 Å². The second-order valence-electron chi connectivity index (χ2n) is 2.27. The van der Waals surface area contributed by atoms with Crippen LogP contribution in [-0.2, 0) is 0 Å². The molecule has 0 radical (unpaired) electrons. The van der Waals surface area contributed by atoms with Gasteiger partial charge in [-0.05, 0) is 28.1 Å². The van der Waals surface area contributed by atoms with E-state index >= 15 is 0 Å². The predicted molar refractivity (Wildman–Crippen MR) is 48.3 cm³/mol. The van der Waals surface area contributed by atoms with Crippen LogP contribution in [0.4, 0.5) is 0 Å². The maximum absolute atomic E-state index is 5.23. The third kappa shape index (κ3) is 1.08. The third-order valence-electron chi connectivity index (χ3n) is 1.52. The zero-order valence-corrected chi connectivity index (χ0v) is 7.96. The van der Waals surface area contributed by atoms with Gasteiger partial charge in [-0.15, -0.1) is 0 Å². The molecule has 0 bridgehead atoms. The molecule has 0 N–H and O–H groups in total. The van der Waals surface area contributed by atoms with Gasteiger partial charge < -0.3 is 9.15 Å². The van der Waals surface area contributed by atoms with E-state index in [4.69, 9.17) is 9.15 Å². The topological polar surface area (TPSA) is 35.3 Å². The Labute approximate surface area is 77.5 Å². The summed E-state index contributed by atoms with van der Waals surface area (Å²) in [4.78, 5) is 4.09. The molecule has 62 valence electrons. The Kier molecular flexibility index (Phi) is 1.77. The molecule has 0 fully saturated rings. The van der Waals surface area contributed by atoms with Gasteiger partial charge in [0, 0.05) is 4.47 Å². The van der Waals surface area contributed by atoms with E-state index in [9.17, 15) is 0 Å². The molecule has 2 rings (SSSR count). The molecular formula is C8H6BrNO2.